The number of hydrogen-bond acceptors (Lipinski definition) is 3. The SMILES string of the molecule is CCOc1ccc([C@@H]2Nc3ccccc3C(=O)N2[C@@H](C)CC)cc1. The molecular formula is C20H24N2O2. The summed E-state index contributed by atoms with van der Waals surface area (Å²) in [6.45, 7) is 6.81. The molecule has 1 heterocycles. The van der Waals surface area contributed by atoms with Gasteiger partial charge in [-0.25, -0.2) is 0 Å². The Bertz CT molecular complexity index is 712. The van der Waals surface area contributed by atoms with Crippen molar-refractivity contribution in [3.63, 3.8) is 0 Å². The van der Waals surface area contributed by atoms with Gasteiger partial charge in [0.1, 0.15) is 11.9 Å². The molecule has 1 N–H and O–H groups in total. The zero-order chi connectivity index (χ0) is 17.1. The van der Waals surface area contributed by atoms with Crippen molar-refractivity contribution < 1.29 is 9.53 Å². The predicted octanol–water partition coefficient (Wildman–Crippen LogP) is 4.45. The Morgan fingerprint density at radius 3 is 2.50 bits per heavy atom. The predicted molar refractivity (Wildman–Crippen MR) is 96.3 cm³/mol. The maximum Gasteiger partial charge on any atom is 0.258 e. The zero-order valence-corrected chi connectivity index (χ0v) is 14.5. The van der Waals surface area contributed by atoms with Crippen LogP contribution in [-0.2, 0) is 0 Å². The number of nitrogens with zero attached hydrogens (tertiary/aromatic N) is 1. The van der Waals surface area contributed by atoms with Crippen molar-refractivity contribution in [3.8, 4) is 5.75 Å². The molecule has 0 radical (unpaired) electrons. The minimum Gasteiger partial charge on any atom is -0.494 e. The molecule has 0 unspecified atom stereocenters. The van der Waals surface area contributed by atoms with Crippen LogP contribution >= 0.6 is 0 Å². The number of hydrogen-bond donors (Lipinski definition) is 1. The second-order valence-corrected chi connectivity index (χ2v) is 6.06. The fourth-order valence-corrected chi connectivity index (χ4v) is 3.08. The molecule has 24 heavy (non-hydrogen) atoms. The molecule has 0 aliphatic carbocycles. The summed E-state index contributed by atoms with van der Waals surface area (Å²) < 4.78 is 5.52. The third-order valence-electron chi connectivity index (χ3n) is 4.53. The Hall–Kier alpha value is -2.49. The standard InChI is InChI=1S/C20H24N2O2/c1-4-14(3)22-19(15-10-12-16(13-11-15)24-5-2)21-18-9-7-6-8-17(18)20(22)23/h6-14,19,21H,4-5H2,1-3H3/t14-,19+/m0/s1. The second-order valence-electron chi connectivity index (χ2n) is 6.06. The smallest absolute Gasteiger partial charge is 0.258 e. The minimum absolute atomic E-state index is 0.0811. The monoisotopic (exact) mass is 324 g/mol. The maximum absolute atomic E-state index is 13.0. The summed E-state index contributed by atoms with van der Waals surface area (Å²) in [6.07, 6.45) is 0.737. The highest BCUT2D eigenvalue weighted by Crippen LogP contribution is 2.35. The quantitative estimate of drug-likeness (QED) is 0.883. The van der Waals surface area contributed by atoms with Gasteiger partial charge < -0.3 is 15.0 Å². The highest BCUT2D eigenvalue weighted by molar-refractivity contribution is 6.01. The van der Waals surface area contributed by atoms with Crippen molar-refractivity contribution in [3.05, 3.63) is 59.7 Å². The van der Waals surface area contributed by atoms with Gasteiger partial charge in [0.05, 0.1) is 12.2 Å². The lowest BCUT2D eigenvalue weighted by Crippen LogP contribution is -2.47. The number of amides is 1. The Labute approximate surface area is 143 Å². The number of nitrogens with one attached hydrogen (secondary N) is 1. The zero-order valence-electron chi connectivity index (χ0n) is 14.5. The Kier molecular flexibility index (Phi) is 4.74. The average Bonchev–Trinajstić information content (AvgIpc) is 2.62. The van der Waals surface area contributed by atoms with E-state index >= 15 is 0 Å². The van der Waals surface area contributed by atoms with E-state index in [0.29, 0.717) is 6.61 Å². The molecule has 0 aromatic heterocycles. The molecule has 3 rings (SSSR count). The maximum atomic E-state index is 13.0. The summed E-state index contributed by atoms with van der Waals surface area (Å²) in [5.41, 5.74) is 2.68. The van der Waals surface area contributed by atoms with Crippen LogP contribution in [0, 0.1) is 0 Å². The molecule has 2 aromatic carbocycles. The number of benzene rings is 2. The minimum atomic E-state index is -0.168. The lowest BCUT2D eigenvalue weighted by Gasteiger charge is -2.41. The number of ether oxygens (including phenoxy) is 1. The number of para-hydroxylation sites is 1. The molecule has 0 saturated heterocycles. The molecule has 0 saturated carbocycles. The first kappa shape index (κ1) is 16.4. The van der Waals surface area contributed by atoms with Gasteiger partial charge in [-0.1, -0.05) is 31.2 Å². The third kappa shape index (κ3) is 2.96. The molecule has 4 heteroatoms. The van der Waals surface area contributed by atoms with E-state index < -0.39 is 0 Å². The van der Waals surface area contributed by atoms with E-state index in [-0.39, 0.29) is 18.1 Å². The Balaban J connectivity index is 1.99. The van der Waals surface area contributed by atoms with E-state index in [1.807, 2.05) is 60.4 Å². The molecule has 126 valence electrons. The van der Waals surface area contributed by atoms with Crippen LogP contribution in [0.1, 0.15) is 49.3 Å². The van der Waals surface area contributed by atoms with Crippen molar-refractivity contribution in [1.29, 1.82) is 0 Å². The van der Waals surface area contributed by atoms with Crippen molar-refractivity contribution in [1.82, 2.24) is 4.90 Å². The number of rotatable bonds is 5. The normalized spacial score (nSPS) is 17.9. The Morgan fingerprint density at radius 1 is 1.12 bits per heavy atom. The lowest BCUT2D eigenvalue weighted by molar-refractivity contribution is 0.0593. The molecule has 4 nitrogen and oxygen atoms in total. The summed E-state index contributed by atoms with van der Waals surface area (Å²) >= 11 is 0. The van der Waals surface area contributed by atoms with Crippen molar-refractivity contribution in [2.75, 3.05) is 11.9 Å². The molecular weight excluding hydrogens is 300 g/mol. The number of anilines is 1. The van der Waals surface area contributed by atoms with Gasteiger partial charge in [0.2, 0.25) is 0 Å². The summed E-state index contributed by atoms with van der Waals surface area (Å²) in [4.78, 5) is 15.0. The largest absolute Gasteiger partial charge is 0.494 e. The van der Waals surface area contributed by atoms with Crippen LogP contribution in [0.25, 0.3) is 0 Å². The van der Waals surface area contributed by atoms with Gasteiger partial charge in [-0.3, -0.25) is 4.79 Å². The van der Waals surface area contributed by atoms with E-state index in [1.54, 1.807) is 0 Å². The van der Waals surface area contributed by atoms with Crippen LogP contribution in [0.5, 0.6) is 5.75 Å². The van der Waals surface area contributed by atoms with Crippen LogP contribution in [0.15, 0.2) is 48.5 Å². The van der Waals surface area contributed by atoms with E-state index in [4.69, 9.17) is 4.74 Å². The van der Waals surface area contributed by atoms with Gasteiger partial charge in [-0.15, -0.1) is 0 Å². The Morgan fingerprint density at radius 2 is 1.83 bits per heavy atom. The fourth-order valence-electron chi connectivity index (χ4n) is 3.08. The molecule has 2 atom stereocenters. The lowest BCUT2D eigenvalue weighted by atomic mass is 10.0. The average molecular weight is 324 g/mol. The highest BCUT2D eigenvalue weighted by Gasteiger charge is 2.35. The number of carbonyl (C=O) groups is 1. The molecule has 1 aliphatic rings. The van der Waals surface area contributed by atoms with E-state index in [2.05, 4.69) is 19.2 Å². The topological polar surface area (TPSA) is 41.6 Å². The van der Waals surface area contributed by atoms with E-state index in [0.717, 1.165) is 29.0 Å². The van der Waals surface area contributed by atoms with Crippen LogP contribution in [-0.4, -0.2) is 23.5 Å². The van der Waals surface area contributed by atoms with E-state index in [1.165, 1.54) is 0 Å². The van der Waals surface area contributed by atoms with Crippen molar-refractivity contribution in [2.45, 2.75) is 39.4 Å². The number of fused-ring (bicyclic) bond motifs is 1. The second kappa shape index (κ2) is 6.95. The molecule has 1 aliphatic heterocycles. The van der Waals surface area contributed by atoms with Gasteiger partial charge >= 0.3 is 0 Å². The first-order valence-electron chi connectivity index (χ1n) is 8.56. The van der Waals surface area contributed by atoms with Crippen molar-refractivity contribution >= 4 is 11.6 Å². The molecule has 2 aromatic rings. The van der Waals surface area contributed by atoms with Crippen LogP contribution < -0.4 is 10.1 Å². The molecule has 0 spiro atoms. The van der Waals surface area contributed by atoms with Gasteiger partial charge in [0.25, 0.3) is 5.91 Å². The van der Waals surface area contributed by atoms with E-state index in [9.17, 15) is 4.79 Å². The van der Waals surface area contributed by atoms with Gasteiger partial charge in [0.15, 0.2) is 0 Å². The first-order valence-corrected chi connectivity index (χ1v) is 8.56. The fraction of sp³-hybridized carbons (Fsp3) is 0.350. The van der Waals surface area contributed by atoms with Crippen LogP contribution in [0.3, 0.4) is 0 Å². The summed E-state index contributed by atoms with van der Waals surface area (Å²) in [6, 6.07) is 15.8. The van der Waals surface area contributed by atoms with Gasteiger partial charge in [-0.2, -0.15) is 0 Å². The highest BCUT2D eigenvalue weighted by atomic mass is 16.5. The summed E-state index contributed by atoms with van der Waals surface area (Å²) in [7, 11) is 0. The molecule has 0 fully saturated rings. The van der Waals surface area contributed by atoms with Crippen molar-refractivity contribution in [2.24, 2.45) is 0 Å². The summed E-state index contributed by atoms with van der Waals surface area (Å²) in [5.74, 6) is 0.927. The van der Waals surface area contributed by atoms with Gasteiger partial charge in [-0.05, 0) is 50.1 Å². The first-order chi connectivity index (χ1) is 11.7. The third-order valence-corrected chi connectivity index (χ3v) is 4.53. The summed E-state index contributed by atoms with van der Waals surface area (Å²) in [5, 5.41) is 3.52. The van der Waals surface area contributed by atoms with Crippen LogP contribution in [0.4, 0.5) is 5.69 Å². The van der Waals surface area contributed by atoms with Crippen LogP contribution in [0.2, 0.25) is 0 Å². The number of carbonyl (C=O) groups excluding carboxylic acids is 1. The molecule has 1 amide bonds. The van der Waals surface area contributed by atoms with Gasteiger partial charge in [0, 0.05) is 11.7 Å². The molecule has 0 bridgehead atoms.